The Hall–Kier alpha value is -0.395. The first-order valence-corrected chi connectivity index (χ1v) is 4.09. The third-order valence-electron chi connectivity index (χ3n) is 2.19. The van der Waals surface area contributed by atoms with Gasteiger partial charge in [-0.15, -0.1) is 0 Å². The molecule has 11 heavy (non-hydrogen) atoms. The van der Waals surface area contributed by atoms with Crippen LogP contribution in [0.25, 0.3) is 0 Å². The van der Waals surface area contributed by atoms with Gasteiger partial charge in [0.2, 0.25) is 0 Å². The van der Waals surface area contributed by atoms with Crippen LogP contribution in [0.15, 0.2) is 12.2 Å². The topological polar surface area (TPSA) is 0 Å². The van der Waals surface area contributed by atoms with E-state index < -0.39 is 5.67 Å². The van der Waals surface area contributed by atoms with E-state index >= 15 is 0 Å². The van der Waals surface area contributed by atoms with Gasteiger partial charge >= 0.3 is 67.8 Å². The van der Waals surface area contributed by atoms with Crippen molar-refractivity contribution in [3.05, 3.63) is 12.2 Å². The van der Waals surface area contributed by atoms with Crippen LogP contribution in [-0.2, 0) is 0 Å². The molecule has 0 aromatic heterocycles. The van der Waals surface area contributed by atoms with Gasteiger partial charge in [-0.05, 0) is 0 Å². The Morgan fingerprint density at radius 2 is 2.00 bits per heavy atom. The molecule has 59 valence electrons. The molecular weight excluding hydrogens is 138 g/mol. The Morgan fingerprint density at radius 3 is 2.45 bits per heavy atom. The second kappa shape index (κ2) is 3.33. The minimum atomic E-state index is -1.07. The zero-order valence-electron chi connectivity index (χ0n) is 6.94. The molecule has 0 saturated heterocycles. The molecule has 0 heterocycles. The standard InChI is InChI=1S/C9H13BF/c1-2-5-9(11)6-3-8(10)4-7-9/h2,5H,3-4,6-7H2,1H3/b5-2-. The second-order valence-electron chi connectivity index (χ2n) is 3.19. The molecule has 1 radical (unpaired) electrons. The van der Waals surface area contributed by atoms with E-state index in [1.165, 1.54) is 0 Å². The van der Waals surface area contributed by atoms with Gasteiger partial charge in [0.05, 0.1) is 0 Å². The predicted molar refractivity (Wildman–Crippen MR) is 47.9 cm³/mol. The van der Waals surface area contributed by atoms with Gasteiger partial charge < -0.3 is 0 Å². The summed E-state index contributed by atoms with van der Waals surface area (Å²) in [5, 5.41) is 0. The van der Waals surface area contributed by atoms with E-state index in [0.29, 0.717) is 12.8 Å². The van der Waals surface area contributed by atoms with E-state index in [-0.39, 0.29) is 0 Å². The van der Waals surface area contributed by atoms with Crippen LogP contribution in [0.5, 0.6) is 0 Å². The Labute approximate surface area is 68.6 Å². The van der Waals surface area contributed by atoms with Gasteiger partial charge in [0.25, 0.3) is 0 Å². The van der Waals surface area contributed by atoms with E-state index in [9.17, 15) is 4.39 Å². The van der Waals surface area contributed by atoms with Crippen LogP contribution in [-0.4, -0.2) is 18.6 Å². The molecule has 0 nitrogen and oxygen atoms in total. The van der Waals surface area contributed by atoms with Crippen LogP contribution in [0.2, 0.25) is 0 Å². The first-order chi connectivity index (χ1) is 5.16. The third kappa shape index (κ3) is 2.28. The molecule has 0 N–H and O–H groups in total. The Bertz CT molecular complexity index is 174. The SMILES string of the molecule is [B]=C1CCC(F)(/C=C\C)CC1. The van der Waals surface area contributed by atoms with E-state index in [2.05, 4.69) is 0 Å². The molecule has 2 heteroatoms. The summed E-state index contributed by atoms with van der Waals surface area (Å²) >= 11 is 0. The molecule has 1 fully saturated rings. The molecule has 1 saturated carbocycles. The van der Waals surface area contributed by atoms with Crippen molar-refractivity contribution < 1.29 is 4.39 Å². The van der Waals surface area contributed by atoms with Crippen molar-refractivity contribution in [1.82, 2.24) is 0 Å². The first kappa shape index (κ1) is 8.70. The van der Waals surface area contributed by atoms with Crippen LogP contribution < -0.4 is 0 Å². The maximum atomic E-state index is 13.6. The normalized spacial score (nSPS) is 24.3. The van der Waals surface area contributed by atoms with Gasteiger partial charge in [-0.25, -0.2) is 0 Å². The second-order valence-corrected chi connectivity index (χ2v) is 3.19. The van der Waals surface area contributed by atoms with E-state index in [4.69, 9.17) is 7.49 Å². The minimum absolute atomic E-state index is 0.559. The number of halogens is 1. The molecule has 0 aromatic rings. The van der Waals surface area contributed by atoms with Crippen LogP contribution >= 0.6 is 0 Å². The quantitative estimate of drug-likeness (QED) is 0.398. The van der Waals surface area contributed by atoms with Crippen molar-refractivity contribution in [3.63, 3.8) is 0 Å². The fourth-order valence-electron chi connectivity index (χ4n) is 1.45. The van der Waals surface area contributed by atoms with E-state index in [1.54, 1.807) is 12.2 Å². The average molecular weight is 151 g/mol. The summed E-state index contributed by atoms with van der Waals surface area (Å²) < 4.78 is 13.6. The van der Waals surface area contributed by atoms with E-state index in [1.807, 2.05) is 6.92 Å². The van der Waals surface area contributed by atoms with Crippen LogP contribution in [0.4, 0.5) is 4.39 Å². The van der Waals surface area contributed by atoms with Crippen molar-refractivity contribution in [3.8, 4) is 0 Å². The van der Waals surface area contributed by atoms with Gasteiger partial charge in [0, 0.05) is 0 Å². The third-order valence-corrected chi connectivity index (χ3v) is 2.19. The van der Waals surface area contributed by atoms with Gasteiger partial charge in [0.1, 0.15) is 0 Å². The molecule has 1 rings (SSSR count). The average Bonchev–Trinajstić information content (AvgIpc) is 1.97. The summed E-state index contributed by atoms with van der Waals surface area (Å²) in [6.45, 7) is 1.85. The summed E-state index contributed by atoms with van der Waals surface area (Å²) in [6.07, 6.45) is 6.02. The van der Waals surface area contributed by atoms with Crippen molar-refractivity contribution in [2.45, 2.75) is 38.3 Å². The molecule has 1 aliphatic rings. The Morgan fingerprint density at radius 1 is 1.45 bits per heavy atom. The van der Waals surface area contributed by atoms with Gasteiger partial charge in [-0.3, -0.25) is 0 Å². The van der Waals surface area contributed by atoms with Crippen molar-refractivity contribution in [2.75, 3.05) is 0 Å². The molecule has 0 atom stereocenters. The van der Waals surface area contributed by atoms with Crippen LogP contribution in [0.3, 0.4) is 0 Å². The number of alkyl halides is 1. The molecule has 0 spiro atoms. The van der Waals surface area contributed by atoms with Crippen molar-refractivity contribution in [2.24, 2.45) is 0 Å². The zero-order valence-corrected chi connectivity index (χ0v) is 6.94. The molecule has 0 aliphatic heterocycles. The molecule has 0 aromatic carbocycles. The number of rotatable bonds is 1. The molecule has 0 bridgehead atoms. The van der Waals surface area contributed by atoms with Gasteiger partial charge in [-0.1, -0.05) is 0 Å². The predicted octanol–water partition coefficient (Wildman–Crippen LogP) is 2.19. The first-order valence-electron chi connectivity index (χ1n) is 4.09. The van der Waals surface area contributed by atoms with Crippen molar-refractivity contribution >= 4 is 13.0 Å². The van der Waals surface area contributed by atoms with Crippen LogP contribution in [0, 0.1) is 0 Å². The summed E-state index contributed by atoms with van der Waals surface area (Å²) in [7, 11) is 5.58. The van der Waals surface area contributed by atoms with E-state index in [0.717, 1.165) is 18.3 Å². The fraction of sp³-hybridized carbons (Fsp3) is 0.667. The number of allylic oxidation sites excluding steroid dienone is 2. The van der Waals surface area contributed by atoms with Gasteiger partial charge in [-0.2, -0.15) is 0 Å². The summed E-state index contributed by atoms with van der Waals surface area (Å²) in [5.41, 5.74) is -0.125. The fourth-order valence-corrected chi connectivity index (χ4v) is 1.45. The molecule has 0 unspecified atom stereocenters. The number of hydrogen-bond acceptors (Lipinski definition) is 0. The Kier molecular flexibility index (Phi) is 2.64. The van der Waals surface area contributed by atoms with Crippen LogP contribution in [0.1, 0.15) is 32.6 Å². The van der Waals surface area contributed by atoms with Gasteiger partial charge in [0.15, 0.2) is 0 Å². The maximum absolute atomic E-state index is 13.6. The zero-order chi connectivity index (χ0) is 8.32. The summed E-state index contributed by atoms with van der Waals surface area (Å²) in [5.74, 6) is 0. The summed E-state index contributed by atoms with van der Waals surface area (Å²) in [4.78, 5) is 0. The number of hydrogen-bond donors (Lipinski definition) is 0. The monoisotopic (exact) mass is 151 g/mol. The molecule has 1 aliphatic carbocycles. The summed E-state index contributed by atoms with van der Waals surface area (Å²) in [6, 6.07) is 0. The molecular formula is C9H13BF. The van der Waals surface area contributed by atoms with Crippen molar-refractivity contribution in [1.29, 1.82) is 0 Å². The molecule has 0 amide bonds. The Balaban J connectivity index is 2.54.